The van der Waals surface area contributed by atoms with Gasteiger partial charge in [0.05, 0.1) is 19.6 Å². The number of aliphatic carboxylic acids is 1. The van der Waals surface area contributed by atoms with E-state index < -0.39 is 5.97 Å². The van der Waals surface area contributed by atoms with Gasteiger partial charge < -0.3 is 19.9 Å². The van der Waals surface area contributed by atoms with Crippen LogP contribution in [0.4, 0.5) is 0 Å². The summed E-state index contributed by atoms with van der Waals surface area (Å²) in [5.41, 5.74) is 0.957. The normalized spacial score (nSPS) is 10.5. The second kappa shape index (κ2) is 7.63. The molecule has 0 aliphatic heterocycles. The number of ether oxygens (including phenoxy) is 2. The lowest BCUT2D eigenvalue weighted by molar-refractivity contribution is -0.136. The number of carboxylic acid groups (broad SMARTS) is 1. The van der Waals surface area contributed by atoms with E-state index >= 15 is 0 Å². The number of hydrogen-bond donors (Lipinski definition) is 2. The van der Waals surface area contributed by atoms with Gasteiger partial charge in [-0.2, -0.15) is 0 Å². The van der Waals surface area contributed by atoms with E-state index in [2.05, 4.69) is 5.32 Å². The van der Waals surface area contributed by atoms with E-state index in [4.69, 9.17) is 14.6 Å². The Balaban J connectivity index is 2.72. The molecular weight excluding hydrogens is 246 g/mol. The molecule has 0 bridgehead atoms. The Morgan fingerprint density at radius 3 is 2.74 bits per heavy atom. The third-order valence-corrected chi connectivity index (χ3v) is 2.47. The summed E-state index contributed by atoms with van der Waals surface area (Å²) in [5.74, 6) is 0.589. The van der Waals surface area contributed by atoms with Crippen molar-refractivity contribution in [3.8, 4) is 11.5 Å². The van der Waals surface area contributed by atoms with Crippen molar-refractivity contribution < 1.29 is 19.4 Å². The molecule has 2 N–H and O–H groups in total. The summed E-state index contributed by atoms with van der Waals surface area (Å²) in [5, 5.41) is 11.7. The molecule has 5 heteroatoms. The molecule has 1 rings (SSSR count). The van der Waals surface area contributed by atoms with E-state index in [1.807, 2.05) is 32.0 Å². The van der Waals surface area contributed by atoms with E-state index in [0.717, 1.165) is 5.56 Å². The molecule has 5 nitrogen and oxygen atoms in total. The highest BCUT2D eigenvalue weighted by molar-refractivity contribution is 5.66. The second-order valence-electron chi connectivity index (χ2n) is 4.44. The van der Waals surface area contributed by atoms with Crippen molar-refractivity contribution in [3.63, 3.8) is 0 Å². The first-order valence-corrected chi connectivity index (χ1v) is 6.29. The zero-order valence-corrected chi connectivity index (χ0v) is 11.6. The highest BCUT2D eigenvalue weighted by atomic mass is 16.5. The fraction of sp³-hybridized carbons (Fsp3) is 0.500. The van der Waals surface area contributed by atoms with Gasteiger partial charge in [0, 0.05) is 18.7 Å². The van der Waals surface area contributed by atoms with Crippen molar-refractivity contribution in [3.05, 3.63) is 23.8 Å². The Hall–Kier alpha value is -1.75. The molecule has 1 aromatic rings. The molecule has 0 saturated carbocycles. The van der Waals surface area contributed by atoms with Crippen LogP contribution in [0.3, 0.4) is 0 Å². The first kappa shape index (κ1) is 15.3. The standard InChI is InChI=1S/C14H21NO4/c1-10(2)19-14-11(5-4-6-12(14)18-3)9-15-8-7-13(16)17/h4-6,10,15H,7-9H2,1-3H3,(H,16,17). The number of para-hydroxylation sites is 1. The van der Waals surface area contributed by atoms with E-state index in [-0.39, 0.29) is 12.5 Å². The Labute approximate surface area is 113 Å². The molecule has 0 amide bonds. The average Bonchev–Trinajstić information content (AvgIpc) is 2.35. The molecule has 106 valence electrons. The van der Waals surface area contributed by atoms with Crippen LogP contribution >= 0.6 is 0 Å². The zero-order valence-electron chi connectivity index (χ0n) is 11.6. The summed E-state index contributed by atoms with van der Waals surface area (Å²) in [4.78, 5) is 10.4. The monoisotopic (exact) mass is 267 g/mol. The van der Waals surface area contributed by atoms with Crippen molar-refractivity contribution in [2.45, 2.75) is 32.9 Å². The van der Waals surface area contributed by atoms with Gasteiger partial charge in [-0.3, -0.25) is 4.79 Å². The van der Waals surface area contributed by atoms with Gasteiger partial charge in [-0.1, -0.05) is 12.1 Å². The van der Waals surface area contributed by atoms with E-state index in [9.17, 15) is 4.79 Å². The fourth-order valence-electron chi connectivity index (χ4n) is 1.65. The predicted octanol–water partition coefficient (Wildman–Crippen LogP) is 2.05. The smallest absolute Gasteiger partial charge is 0.304 e. The van der Waals surface area contributed by atoms with Crippen LogP contribution in [0.2, 0.25) is 0 Å². The SMILES string of the molecule is COc1cccc(CNCCC(=O)O)c1OC(C)C. The van der Waals surface area contributed by atoms with Crippen molar-refractivity contribution in [1.82, 2.24) is 5.32 Å². The first-order valence-electron chi connectivity index (χ1n) is 6.29. The summed E-state index contributed by atoms with van der Waals surface area (Å²) in [6.45, 7) is 4.88. The Bertz CT molecular complexity index is 418. The molecule has 0 saturated heterocycles. The quantitative estimate of drug-likeness (QED) is 0.706. The number of nitrogens with one attached hydrogen (secondary N) is 1. The van der Waals surface area contributed by atoms with Crippen LogP contribution in [-0.2, 0) is 11.3 Å². The molecule has 0 spiro atoms. The molecule has 0 aliphatic carbocycles. The van der Waals surface area contributed by atoms with Gasteiger partial charge >= 0.3 is 5.97 Å². The van der Waals surface area contributed by atoms with Gasteiger partial charge in [-0.25, -0.2) is 0 Å². The Kier molecular flexibility index (Phi) is 6.15. The van der Waals surface area contributed by atoms with Crippen LogP contribution in [0.5, 0.6) is 11.5 Å². The summed E-state index contributed by atoms with van der Waals surface area (Å²) in [7, 11) is 1.60. The molecule has 0 atom stereocenters. The lowest BCUT2D eigenvalue weighted by atomic mass is 10.1. The minimum Gasteiger partial charge on any atom is -0.493 e. The van der Waals surface area contributed by atoms with Crippen LogP contribution < -0.4 is 14.8 Å². The van der Waals surface area contributed by atoms with Crippen LogP contribution in [0, 0.1) is 0 Å². The lowest BCUT2D eigenvalue weighted by Gasteiger charge is -2.17. The van der Waals surface area contributed by atoms with Crippen molar-refractivity contribution in [1.29, 1.82) is 0 Å². The van der Waals surface area contributed by atoms with Gasteiger partial charge in [0.25, 0.3) is 0 Å². The van der Waals surface area contributed by atoms with Gasteiger partial charge in [0.1, 0.15) is 0 Å². The molecule has 19 heavy (non-hydrogen) atoms. The molecular formula is C14H21NO4. The van der Waals surface area contributed by atoms with Crippen LogP contribution in [0.25, 0.3) is 0 Å². The Morgan fingerprint density at radius 1 is 1.42 bits per heavy atom. The Morgan fingerprint density at radius 2 is 2.16 bits per heavy atom. The van der Waals surface area contributed by atoms with Gasteiger partial charge in [-0.05, 0) is 19.9 Å². The molecule has 1 aromatic carbocycles. The minimum atomic E-state index is -0.809. The molecule has 0 aromatic heterocycles. The van der Waals surface area contributed by atoms with Crippen molar-refractivity contribution in [2.24, 2.45) is 0 Å². The number of methoxy groups -OCH3 is 1. The fourth-order valence-corrected chi connectivity index (χ4v) is 1.65. The second-order valence-corrected chi connectivity index (χ2v) is 4.44. The average molecular weight is 267 g/mol. The van der Waals surface area contributed by atoms with Crippen molar-refractivity contribution in [2.75, 3.05) is 13.7 Å². The summed E-state index contributed by atoms with van der Waals surface area (Å²) >= 11 is 0. The molecule has 0 aliphatic rings. The predicted molar refractivity (Wildman–Crippen MR) is 72.7 cm³/mol. The van der Waals surface area contributed by atoms with Gasteiger partial charge in [0.2, 0.25) is 0 Å². The molecule has 0 unspecified atom stereocenters. The minimum absolute atomic E-state index is 0.0501. The highest BCUT2D eigenvalue weighted by Crippen LogP contribution is 2.31. The van der Waals surface area contributed by atoms with E-state index in [1.165, 1.54) is 0 Å². The van der Waals surface area contributed by atoms with Crippen LogP contribution in [0.1, 0.15) is 25.8 Å². The zero-order chi connectivity index (χ0) is 14.3. The maximum absolute atomic E-state index is 10.4. The third-order valence-electron chi connectivity index (χ3n) is 2.47. The maximum atomic E-state index is 10.4. The van der Waals surface area contributed by atoms with Gasteiger partial charge in [0.15, 0.2) is 11.5 Å². The lowest BCUT2D eigenvalue weighted by Crippen LogP contribution is -2.19. The maximum Gasteiger partial charge on any atom is 0.304 e. The first-order chi connectivity index (χ1) is 9.04. The number of carboxylic acids is 1. The third kappa shape index (κ3) is 5.18. The molecule has 0 radical (unpaired) electrons. The van der Waals surface area contributed by atoms with Crippen molar-refractivity contribution >= 4 is 5.97 Å². The molecule has 0 heterocycles. The van der Waals surface area contributed by atoms with E-state index in [1.54, 1.807) is 7.11 Å². The largest absolute Gasteiger partial charge is 0.493 e. The van der Waals surface area contributed by atoms with Gasteiger partial charge in [-0.15, -0.1) is 0 Å². The van der Waals surface area contributed by atoms with Crippen LogP contribution in [0.15, 0.2) is 18.2 Å². The topological polar surface area (TPSA) is 67.8 Å². The number of benzene rings is 1. The number of carbonyl (C=O) groups is 1. The highest BCUT2D eigenvalue weighted by Gasteiger charge is 2.11. The summed E-state index contributed by atoms with van der Waals surface area (Å²) in [6.07, 6.45) is 0.152. The van der Waals surface area contributed by atoms with Crippen LogP contribution in [-0.4, -0.2) is 30.8 Å². The molecule has 0 fully saturated rings. The number of rotatable bonds is 8. The summed E-state index contributed by atoms with van der Waals surface area (Å²) < 4.78 is 11.0. The van der Waals surface area contributed by atoms with E-state index in [0.29, 0.717) is 24.6 Å². The summed E-state index contributed by atoms with van der Waals surface area (Å²) in [6, 6.07) is 5.67. The number of hydrogen-bond acceptors (Lipinski definition) is 4.